The Labute approximate surface area is 167 Å². The maximum Gasteiger partial charge on any atom is 0.573 e. The van der Waals surface area contributed by atoms with Crippen LogP contribution in [0.1, 0.15) is 20.8 Å². The van der Waals surface area contributed by atoms with E-state index in [9.17, 15) is 18.0 Å². The van der Waals surface area contributed by atoms with E-state index >= 15 is 0 Å². The van der Waals surface area contributed by atoms with Gasteiger partial charge in [-0.1, -0.05) is 0 Å². The average molecular weight is 420 g/mol. The van der Waals surface area contributed by atoms with E-state index in [0.717, 1.165) is 12.1 Å². The van der Waals surface area contributed by atoms with Gasteiger partial charge in [0.2, 0.25) is 0 Å². The molecule has 0 fully saturated rings. The lowest BCUT2D eigenvalue weighted by molar-refractivity contribution is -0.274. The summed E-state index contributed by atoms with van der Waals surface area (Å²) in [5.74, 6) is -0.296. The quantitative estimate of drug-likeness (QED) is 0.495. The lowest BCUT2D eigenvalue weighted by Crippen LogP contribution is -2.40. The molecule has 1 amide bonds. The predicted molar refractivity (Wildman–Crippen MR) is 103 cm³/mol. The fraction of sp³-hybridized carbons (Fsp3) is 0.556. The van der Waals surface area contributed by atoms with E-state index in [1.54, 1.807) is 20.8 Å². The maximum absolute atomic E-state index is 12.2. The number of anilines is 1. The number of amides is 1. The first-order valence-electron chi connectivity index (χ1n) is 8.79. The van der Waals surface area contributed by atoms with Crippen LogP contribution in [0.2, 0.25) is 0 Å². The molecule has 0 heterocycles. The monoisotopic (exact) mass is 420 g/mol. The smallest absolute Gasteiger partial charge is 0.444 e. The summed E-state index contributed by atoms with van der Waals surface area (Å²) in [6.07, 6.45) is -5.24. The van der Waals surface area contributed by atoms with Crippen LogP contribution in [0.4, 0.5) is 23.7 Å². The molecule has 0 aliphatic carbocycles. The van der Waals surface area contributed by atoms with E-state index in [1.807, 2.05) is 0 Å². The number of aliphatic imine (C=N–C) groups is 1. The normalized spacial score (nSPS) is 12.4. The van der Waals surface area contributed by atoms with Gasteiger partial charge >= 0.3 is 12.5 Å². The van der Waals surface area contributed by atoms with Crippen molar-refractivity contribution in [1.82, 2.24) is 4.90 Å². The lowest BCUT2D eigenvalue weighted by atomic mass is 10.2. The van der Waals surface area contributed by atoms with Gasteiger partial charge in [-0.2, -0.15) is 0 Å². The van der Waals surface area contributed by atoms with Crippen LogP contribution < -0.4 is 15.8 Å². The Morgan fingerprint density at radius 2 is 1.79 bits per heavy atom. The zero-order chi connectivity index (χ0) is 22.1. The highest BCUT2D eigenvalue weighted by atomic mass is 19.4. The highest BCUT2D eigenvalue weighted by Gasteiger charge is 2.31. The van der Waals surface area contributed by atoms with E-state index in [0.29, 0.717) is 18.8 Å². The minimum atomic E-state index is -4.75. The van der Waals surface area contributed by atoms with Gasteiger partial charge in [-0.15, -0.1) is 13.2 Å². The molecule has 0 aliphatic heterocycles. The van der Waals surface area contributed by atoms with Crippen LogP contribution in [0, 0.1) is 0 Å². The summed E-state index contributed by atoms with van der Waals surface area (Å²) in [7, 11) is 1.53. The number of carbonyl (C=O) groups is 1. The van der Waals surface area contributed by atoms with Gasteiger partial charge in [0.05, 0.1) is 13.2 Å². The standard InChI is InChI=1S/C18H27F3N4O4/c1-17(2,3)29-16(26)25(11-12-27-4)10-9-23-15(22)24-13-5-7-14(8-6-13)28-18(19,20)21/h5-8H,9-12H2,1-4H3,(H3,22,23,24). The molecule has 0 unspecified atom stereocenters. The number of guanidine groups is 1. The number of rotatable bonds is 8. The number of alkyl halides is 3. The van der Waals surface area contributed by atoms with Crippen LogP contribution in [0.15, 0.2) is 29.3 Å². The van der Waals surface area contributed by atoms with Crippen molar-refractivity contribution in [2.75, 3.05) is 38.7 Å². The second-order valence-electron chi connectivity index (χ2n) is 6.92. The molecule has 1 aromatic carbocycles. The zero-order valence-electron chi connectivity index (χ0n) is 16.9. The number of nitrogens with two attached hydrogens (primary N) is 1. The summed E-state index contributed by atoms with van der Waals surface area (Å²) in [4.78, 5) is 17.8. The summed E-state index contributed by atoms with van der Waals surface area (Å²) in [6, 6.07) is 5.04. The zero-order valence-corrected chi connectivity index (χ0v) is 16.9. The van der Waals surface area contributed by atoms with E-state index in [1.165, 1.54) is 24.1 Å². The molecule has 1 rings (SSSR count). The lowest BCUT2D eigenvalue weighted by Gasteiger charge is -2.26. The van der Waals surface area contributed by atoms with Gasteiger partial charge < -0.3 is 30.2 Å². The summed E-state index contributed by atoms with van der Waals surface area (Å²) < 4.78 is 50.6. The number of methoxy groups -OCH3 is 1. The summed E-state index contributed by atoms with van der Waals surface area (Å²) >= 11 is 0. The Kier molecular flexibility index (Phi) is 9.02. The Morgan fingerprint density at radius 1 is 1.17 bits per heavy atom. The van der Waals surface area contributed by atoms with Gasteiger partial charge in [-0.05, 0) is 45.0 Å². The minimum Gasteiger partial charge on any atom is -0.444 e. The molecule has 164 valence electrons. The van der Waals surface area contributed by atoms with E-state index in [2.05, 4.69) is 15.0 Å². The van der Waals surface area contributed by atoms with E-state index in [4.69, 9.17) is 15.2 Å². The fourth-order valence-electron chi connectivity index (χ4n) is 2.04. The Bertz CT molecular complexity index is 673. The first-order chi connectivity index (χ1) is 13.4. The van der Waals surface area contributed by atoms with Crippen molar-refractivity contribution in [3.63, 3.8) is 0 Å². The molecule has 1 aromatic rings. The Hall–Kier alpha value is -2.69. The molecule has 0 bridgehead atoms. The van der Waals surface area contributed by atoms with Gasteiger partial charge in [-0.25, -0.2) is 4.79 Å². The van der Waals surface area contributed by atoms with Crippen LogP contribution in [0.5, 0.6) is 5.75 Å². The Morgan fingerprint density at radius 3 is 2.31 bits per heavy atom. The van der Waals surface area contributed by atoms with Crippen molar-refractivity contribution in [1.29, 1.82) is 0 Å². The number of hydrogen-bond acceptors (Lipinski definition) is 5. The summed E-state index contributed by atoms with van der Waals surface area (Å²) in [6.45, 7) is 6.41. The molecule has 3 N–H and O–H groups in total. The largest absolute Gasteiger partial charge is 0.573 e. The van der Waals surface area contributed by atoms with Crippen LogP contribution in [0.25, 0.3) is 0 Å². The first-order valence-corrected chi connectivity index (χ1v) is 8.79. The van der Waals surface area contributed by atoms with Crippen LogP contribution >= 0.6 is 0 Å². The topological polar surface area (TPSA) is 98.4 Å². The predicted octanol–water partition coefficient (Wildman–Crippen LogP) is 3.20. The molecule has 0 aromatic heterocycles. The van der Waals surface area contributed by atoms with Crippen molar-refractivity contribution in [3.05, 3.63) is 24.3 Å². The number of hydrogen-bond donors (Lipinski definition) is 2. The summed E-state index contributed by atoms with van der Waals surface area (Å²) in [5, 5.41) is 2.75. The molecule has 29 heavy (non-hydrogen) atoms. The highest BCUT2D eigenvalue weighted by molar-refractivity contribution is 5.92. The molecule has 0 saturated carbocycles. The molecular formula is C18H27F3N4O4. The fourth-order valence-corrected chi connectivity index (χ4v) is 2.04. The average Bonchev–Trinajstić information content (AvgIpc) is 2.56. The molecule has 8 nitrogen and oxygen atoms in total. The number of benzene rings is 1. The number of halogens is 3. The molecule has 0 spiro atoms. The number of nitrogens with one attached hydrogen (secondary N) is 1. The van der Waals surface area contributed by atoms with Crippen LogP contribution in [-0.2, 0) is 9.47 Å². The molecule has 0 atom stereocenters. The molecular weight excluding hydrogens is 393 g/mol. The van der Waals surface area contributed by atoms with Crippen LogP contribution in [-0.4, -0.2) is 62.3 Å². The molecule has 0 saturated heterocycles. The Balaban J connectivity index is 2.59. The first kappa shape index (κ1) is 24.3. The summed E-state index contributed by atoms with van der Waals surface area (Å²) in [5.41, 5.74) is 5.58. The van der Waals surface area contributed by atoms with Gasteiger partial charge in [-0.3, -0.25) is 4.99 Å². The van der Waals surface area contributed by atoms with Crippen molar-refractivity contribution < 1.29 is 32.2 Å². The number of ether oxygens (including phenoxy) is 3. The molecule has 0 radical (unpaired) electrons. The minimum absolute atomic E-state index is 0.0466. The SMILES string of the molecule is COCCN(CCN=C(N)Nc1ccc(OC(F)(F)F)cc1)C(=O)OC(C)(C)C. The third-order valence-electron chi connectivity index (χ3n) is 3.23. The molecule has 11 heteroatoms. The molecule has 0 aliphatic rings. The van der Waals surface area contributed by atoms with Crippen molar-refractivity contribution >= 4 is 17.7 Å². The van der Waals surface area contributed by atoms with Crippen LogP contribution in [0.3, 0.4) is 0 Å². The van der Waals surface area contributed by atoms with Crippen molar-refractivity contribution in [2.24, 2.45) is 10.7 Å². The van der Waals surface area contributed by atoms with Crippen molar-refractivity contribution in [3.8, 4) is 5.75 Å². The maximum atomic E-state index is 12.2. The van der Waals surface area contributed by atoms with Gasteiger partial charge in [0.15, 0.2) is 5.96 Å². The van der Waals surface area contributed by atoms with Gasteiger partial charge in [0.25, 0.3) is 0 Å². The van der Waals surface area contributed by atoms with E-state index in [-0.39, 0.29) is 24.8 Å². The third kappa shape index (κ3) is 11.0. The van der Waals surface area contributed by atoms with E-state index < -0.39 is 18.1 Å². The second kappa shape index (κ2) is 10.7. The highest BCUT2D eigenvalue weighted by Crippen LogP contribution is 2.23. The van der Waals surface area contributed by atoms with Gasteiger partial charge in [0, 0.05) is 25.9 Å². The second-order valence-corrected chi connectivity index (χ2v) is 6.92. The van der Waals surface area contributed by atoms with Gasteiger partial charge in [0.1, 0.15) is 11.4 Å². The number of carbonyl (C=O) groups excluding carboxylic acids is 1. The third-order valence-corrected chi connectivity index (χ3v) is 3.23. The number of nitrogens with zero attached hydrogens (tertiary/aromatic N) is 2. The van der Waals surface area contributed by atoms with Crippen molar-refractivity contribution in [2.45, 2.75) is 32.7 Å².